The predicted molar refractivity (Wildman–Crippen MR) is 74.8 cm³/mol. The third-order valence-electron chi connectivity index (χ3n) is 3.52. The summed E-state index contributed by atoms with van der Waals surface area (Å²) in [5, 5.41) is 9.41. The molecule has 4 nitrogen and oxygen atoms in total. The van der Waals surface area contributed by atoms with E-state index in [4.69, 9.17) is 4.74 Å². The van der Waals surface area contributed by atoms with Crippen molar-refractivity contribution in [3.05, 3.63) is 0 Å². The molecular weight excluding hydrogens is 244 g/mol. The summed E-state index contributed by atoms with van der Waals surface area (Å²) in [7, 11) is 0. The lowest BCUT2D eigenvalue weighted by molar-refractivity contribution is -0.168. The van der Waals surface area contributed by atoms with E-state index in [1.165, 1.54) is 0 Å². The highest BCUT2D eigenvalue weighted by atomic mass is 16.5. The van der Waals surface area contributed by atoms with Crippen molar-refractivity contribution in [1.29, 1.82) is 0 Å². The maximum atomic E-state index is 12.2. The number of hydrogen-bond acceptors (Lipinski definition) is 3. The molecule has 0 saturated heterocycles. The summed E-state index contributed by atoms with van der Waals surface area (Å²) in [4.78, 5) is 23.7. The van der Waals surface area contributed by atoms with Crippen LogP contribution in [0.2, 0.25) is 0 Å². The van der Waals surface area contributed by atoms with Gasteiger partial charge >= 0.3 is 11.9 Å². The Morgan fingerprint density at radius 2 is 1.68 bits per heavy atom. The molecule has 0 bridgehead atoms. The van der Waals surface area contributed by atoms with E-state index in [0.29, 0.717) is 19.4 Å². The number of carbonyl (C=O) groups excluding carboxylic acids is 1. The second-order valence-electron chi connectivity index (χ2n) is 6.28. The molecule has 1 N–H and O–H groups in total. The summed E-state index contributed by atoms with van der Waals surface area (Å²) >= 11 is 0. The van der Waals surface area contributed by atoms with Crippen LogP contribution < -0.4 is 0 Å². The monoisotopic (exact) mass is 272 g/mol. The van der Waals surface area contributed by atoms with Crippen LogP contribution in [0.3, 0.4) is 0 Å². The number of aliphatic carboxylic acids is 1. The van der Waals surface area contributed by atoms with Crippen molar-refractivity contribution in [2.45, 2.75) is 54.4 Å². The molecule has 4 heteroatoms. The molecule has 0 heterocycles. The third-order valence-corrected chi connectivity index (χ3v) is 3.52. The van der Waals surface area contributed by atoms with Gasteiger partial charge in [0, 0.05) is 0 Å². The van der Waals surface area contributed by atoms with Crippen molar-refractivity contribution in [1.82, 2.24) is 0 Å². The molecule has 0 rings (SSSR count). The Hall–Kier alpha value is -1.06. The first kappa shape index (κ1) is 17.9. The summed E-state index contributed by atoms with van der Waals surface area (Å²) in [6, 6.07) is 0. The van der Waals surface area contributed by atoms with Gasteiger partial charge in [-0.2, -0.15) is 0 Å². The van der Waals surface area contributed by atoms with Gasteiger partial charge in [0.1, 0.15) is 0 Å². The minimum absolute atomic E-state index is 0.227. The van der Waals surface area contributed by atoms with Crippen LogP contribution >= 0.6 is 0 Å². The summed E-state index contributed by atoms with van der Waals surface area (Å²) in [6.07, 6.45) is 0.948. The largest absolute Gasteiger partial charge is 0.481 e. The summed E-state index contributed by atoms with van der Waals surface area (Å²) in [6.45, 7) is 11.7. The van der Waals surface area contributed by atoms with Gasteiger partial charge in [0.15, 0.2) is 0 Å². The van der Waals surface area contributed by atoms with Crippen molar-refractivity contribution in [2.75, 3.05) is 6.61 Å². The Bertz CT molecular complexity index is 309. The Balaban J connectivity index is 5.06. The van der Waals surface area contributed by atoms with Crippen LogP contribution in [0.1, 0.15) is 54.4 Å². The molecule has 0 aromatic carbocycles. The topological polar surface area (TPSA) is 63.6 Å². The maximum absolute atomic E-state index is 12.2. The highest BCUT2D eigenvalue weighted by Crippen LogP contribution is 2.37. The molecule has 0 aromatic rings. The van der Waals surface area contributed by atoms with Gasteiger partial charge in [0.05, 0.1) is 17.9 Å². The van der Waals surface area contributed by atoms with E-state index < -0.39 is 23.3 Å². The number of carboxylic acid groups (broad SMARTS) is 1. The minimum Gasteiger partial charge on any atom is -0.481 e. The Morgan fingerprint density at radius 1 is 1.16 bits per heavy atom. The molecule has 0 fully saturated rings. The molecule has 0 aromatic heterocycles. The molecule has 112 valence electrons. The first-order chi connectivity index (χ1) is 8.65. The van der Waals surface area contributed by atoms with Crippen LogP contribution in [0.15, 0.2) is 0 Å². The number of esters is 1. The molecule has 0 aliphatic rings. The van der Waals surface area contributed by atoms with Crippen LogP contribution in [0.4, 0.5) is 0 Å². The zero-order valence-electron chi connectivity index (χ0n) is 13.0. The Labute approximate surface area is 116 Å². The van der Waals surface area contributed by atoms with Crippen molar-refractivity contribution < 1.29 is 19.4 Å². The molecule has 0 aliphatic heterocycles. The lowest BCUT2D eigenvalue weighted by Crippen LogP contribution is -2.42. The summed E-state index contributed by atoms with van der Waals surface area (Å²) in [5.74, 6) is -1.53. The molecule has 0 spiro atoms. The molecule has 0 amide bonds. The predicted octanol–water partition coefficient (Wildman–Crippen LogP) is 3.35. The van der Waals surface area contributed by atoms with Gasteiger partial charge in [0.2, 0.25) is 0 Å². The van der Waals surface area contributed by atoms with Gasteiger partial charge in [0.25, 0.3) is 0 Å². The van der Waals surface area contributed by atoms with Crippen LogP contribution in [0, 0.1) is 23.2 Å². The van der Waals surface area contributed by atoms with E-state index in [1.54, 1.807) is 6.92 Å². The first-order valence-electron chi connectivity index (χ1n) is 7.05. The molecule has 2 atom stereocenters. The first-order valence-corrected chi connectivity index (χ1v) is 7.05. The summed E-state index contributed by atoms with van der Waals surface area (Å²) < 4.78 is 5.27. The number of carbonyl (C=O) groups is 2. The van der Waals surface area contributed by atoms with E-state index in [9.17, 15) is 14.7 Å². The number of carboxylic acids is 1. The van der Waals surface area contributed by atoms with Crippen molar-refractivity contribution in [3.8, 4) is 0 Å². The van der Waals surface area contributed by atoms with E-state index in [0.717, 1.165) is 0 Å². The highest BCUT2D eigenvalue weighted by molar-refractivity contribution is 5.84. The number of rotatable bonds is 8. The van der Waals surface area contributed by atoms with Gasteiger partial charge in [-0.05, 0) is 31.6 Å². The molecule has 0 radical (unpaired) electrons. The van der Waals surface area contributed by atoms with Gasteiger partial charge in [-0.3, -0.25) is 9.59 Å². The van der Waals surface area contributed by atoms with Gasteiger partial charge in [-0.25, -0.2) is 0 Å². The maximum Gasteiger partial charge on any atom is 0.312 e. The van der Waals surface area contributed by atoms with Crippen molar-refractivity contribution in [2.24, 2.45) is 23.2 Å². The SMILES string of the molecule is CCC(C)(C(=O)OCC(C)C)C(CC(C)C)C(=O)O. The smallest absolute Gasteiger partial charge is 0.312 e. The standard InChI is InChI=1S/C15H28O4/c1-7-15(6,14(18)19-9-11(4)5)12(13(16)17)8-10(2)3/h10-12H,7-9H2,1-6H3,(H,16,17). The number of hydrogen-bond donors (Lipinski definition) is 1. The summed E-state index contributed by atoms with van der Waals surface area (Å²) in [5.41, 5.74) is -0.953. The van der Waals surface area contributed by atoms with Gasteiger partial charge in [-0.15, -0.1) is 0 Å². The van der Waals surface area contributed by atoms with Crippen LogP contribution in [-0.4, -0.2) is 23.7 Å². The van der Waals surface area contributed by atoms with Gasteiger partial charge in [-0.1, -0.05) is 34.6 Å². The Morgan fingerprint density at radius 3 is 2.00 bits per heavy atom. The molecule has 2 unspecified atom stereocenters. The fourth-order valence-corrected chi connectivity index (χ4v) is 2.05. The fraction of sp³-hybridized carbons (Fsp3) is 0.867. The minimum atomic E-state index is -0.953. The average molecular weight is 272 g/mol. The molecular formula is C15H28O4. The Kier molecular flexibility index (Phi) is 7.09. The van der Waals surface area contributed by atoms with E-state index >= 15 is 0 Å². The van der Waals surface area contributed by atoms with Crippen molar-refractivity contribution >= 4 is 11.9 Å². The van der Waals surface area contributed by atoms with Crippen molar-refractivity contribution in [3.63, 3.8) is 0 Å². The normalized spacial score (nSPS) is 16.2. The van der Waals surface area contributed by atoms with Crippen LogP contribution in [-0.2, 0) is 14.3 Å². The lowest BCUT2D eigenvalue weighted by Gasteiger charge is -2.33. The van der Waals surface area contributed by atoms with E-state index in [-0.39, 0.29) is 11.8 Å². The van der Waals surface area contributed by atoms with Crippen LogP contribution in [0.5, 0.6) is 0 Å². The lowest BCUT2D eigenvalue weighted by atomic mass is 9.71. The quantitative estimate of drug-likeness (QED) is 0.688. The van der Waals surface area contributed by atoms with E-state index in [2.05, 4.69) is 0 Å². The number of ether oxygens (including phenoxy) is 1. The van der Waals surface area contributed by atoms with Crippen LogP contribution in [0.25, 0.3) is 0 Å². The zero-order chi connectivity index (χ0) is 15.2. The average Bonchev–Trinajstić information content (AvgIpc) is 2.31. The van der Waals surface area contributed by atoms with E-state index in [1.807, 2.05) is 34.6 Å². The second-order valence-corrected chi connectivity index (χ2v) is 6.28. The van der Waals surface area contributed by atoms with Gasteiger partial charge < -0.3 is 9.84 Å². The fourth-order valence-electron chi connectivity index (χ4n) is 2.05. The highest BCUT2D eigenvalue weighted by Gasteiger charge is 2.45. The molecule has 0 aliphatic carbocycles. The molecule has 19 heavy (non-hydrogen) atoms. The second kappa shape index (κ2) is 7.51. The molecule has 0 saturated carbocycles. The zero-order valence-corrected chi connectivity index (χ0v) is 13.0. The third kappa shape index (κ3) is 5.21.